The smallest absolute Gasteiger partial charge is 0.348 e. The highest BCUT2D eigenvalue weighted by Gasteiger charge is 2.11. The molecule has 5 nitrogen and oxygen atoms in total. The maximum absolute atomic E-state index is 11.6. The summed E-state index contributed by atoms with van der Waals surface area (Å²) >= 11 is 6.67. The highest BCUT2D eigenvalue weighted by molar-refractivity contribution is 7.80. The molecule has 1 heterocycles. The Hall–Kier alpha value is -1.70. The molecule has 0 saturated carbocycles. The van der Waals surface area contributed by atoms with E-state index in [9.17, 15) is 4.79 Å². The van der Waals surface area contributed by atoms with Gasteiger partial charge in [-0.3, -0.25) is 0 Å². The Morgan fingerprint density at radius 1 is 1.36 bits per heavy atom. The Balaban J connectivity index is 2.09. The molecule has 0 aliphatic rings. The number of methoxy groups -OCH3 is 2. The SMILES string of the molecule is COC[C@@H](C)NC(=S)Nc1ccc2sc(C(=O)OC)cc2c1. The number of nitrogens with one attached hydrogen (secondary N) is 2. The maximum atomic E-state index is 11.6. The van der Waals surface area contributed by atoms with Crippen LogP contribution < -0.4 is 10.6 Å². The van der Waals surface area contributed by atoms with E-state index in [1.807, 2.05) is 31.2 Å². The number of thiocarbonyl (C=S) groups is 1. The van der Waals surface area contributed by atoms with Gasteiger partial charge in [0.1, 0.15) is 4.88 Å². The third-order valence-electron chi connectivity index (χ3n) is 2.95. The minimum Gasteiger partial charge on any atom is -0.465 e. The highest BCUT2D eigenvalue weighted by atomic mass is 32.1. The van der Waals surface area contributed by atoms with E-state index in [2.05, 4.69) is 10.6 Å². The van der Waals surface area contributed by atoms with Crippen molar-refractivity contribution >= 4 is 50.4 Å². The van der Waals surface area contributed by atoms with Crippen LogP contribution in [-0.2, 0) is 9.47 Å². The van der Waals surface area contributed by atoms with Crippen molar-refractivity contribution in [3.05, 3.63) is 29.1 Å². The van der Waals surface area contributed by atoms with Crippen molar-refractivity contribution in [2.75, 3.05) is 26.1 Å². The summed E-state index contributed by atoms with van der Waals surface area (Å²) in [5.74, 6) is -0.318. The van der Waals surface area contributed by atoms with Crippen LogP contribution in [0.2, 0.25) is 0 Å². The Morgan fingerprint density at radius 3 is 2.82 bits per heavy atom. The molecule has 2 aromatic rings. The molecule has 118 valence electrons. The summed E-state index contributed by atoms with van der Waals surface area (Å²) < 4.78 is 10.8. The quantitative estimate of drug-likeness (QED) is 0.646. The lowest BCUT2D eigenvalue weighted by atomic mass is 10.2. The molecule has 0 bridgehead atoms. The molecule has 0 unspecified atom stereocenters. The molecular formula is C15H18N2O3S2. The third kappa shape index (κ3) is 4.16. The van der Waals surface area contributed by atoms with Crippen LogP contribution in [0.4, 0.5) is 5.69 Å². The summed E-state index contributed by atoms with van der Waals surface area (Å²) in [5, 5.41) is 7.77. The van der Waals surface area contributed by atoms with Gasteiger partial charge in [0, 0.05) is 23.5 Å². The summed E-state index contributed by atoms with van der Waals surface area (Å²) in [6.45, 7) is 2.57. The molecule has 2 rings (SSSR count). The maximum Gasteiger partial charge on any atom is 0.348 e. The van der Waals surface area contributed by atoms with Gasteiger partial charge in [-0.1, -0.05) is 0 Å². The molecule has 0 aliphatic heterocycles. The number of fused-ring (bicyclic) bond motifs is 1. The number of thiophene rings is 1. The largest absolute Gasteiger partial charge is 0.465 e. The number of hydrogen-bond donors (Lipinski definition) is 2. The number of carbonyl (C=O) groups is 1. The molecule has 1 atom stereocenters. The molecule has 0 amide bonds. The number of esters is 1. The second-order valence-electron chi connectivity index (χ2n) is 4.81. The Bertz CT molecular complexity index is 684. The number of ether oxygens (including phenoxy) is 2. The van der Waals surface area contributed by atoms with Crippen LogP contribution >= 0.6 is 23.6 Å². The van der Waals surface area contributed by atoms with Crippen molar-refractivity contribution in [2.45, 2.75) is 13.0 Å². The minimum atomic E-state index is -0.318. The molecule has 0 spiro atoms. The number of hydrogen-bond acceptors (Lipinski definition) is 5. The summed E-state index contributed by atoms with van der Waals surface area (Å²) in [5.41, 5.74) is 0.865. The summed E-state index contributed by atoms with van der Waals surface area (Å²) in [6.07, 6.45) is 0. The van der Waals surface area contributed by atoms with E-state index < -0.39 is 0 Å². The zero-order chi connectivity index (χ0) is 16.1. The van der Waals surface area contributed by atoms with Crippen LogP contribution in [0.5, 0.6) is 0 Å². The normalized spacial score (nSPS) is 12.0. The van der Waals surface area contributed by atoms with Crippen molar-refractivity contribution in [3.63, 3.8) is 0 Å². The predicted molar refractivity (Wildman–Crippen MR) is 93.9 cm³/mol. The fourth-order valence-electron chi connectivity index (χ4n) is 2.00. The molecule has 7 heteroatoms. The van der Waals surface area contributed by atoms with E-state index >= 15 is 0 Å². The predicted octanol–water partition coefficient (Wildman–Crippen LogP) is 3.01. The Labute approximate surface area is 138 Å². The van der Waals surface area contributed by atoms with Crippen molar-refractivity contribution in [2.24, 2.45) is 0 Å². The number of anilines is 1. The van der Waals surface area contributed by atoms with Gasteiger partial charge in [0.05, 0.1) is 13.7 Å². The van der Waals surface area contributed by atoms with Crippen LogP contribution in [0.25, 0.3) is 10.1 Å². The van der Waals surface area contributed by atoms with Gasteiger partial charge in [-0.05, 0) is 48.8 Å². The first-order chi connectivity index (χ1) is 10.5. The number of rotatable bonds is 5. The fraction of sp³-hybridized carbons (Fsp3) is 0.333. The molecule has 0 radical (unpaired) electrons. The van der Waals surface area contributed by atoms with Gasteiger partial charge < -0.3 is 20.1 Å². The fourth-order valence-corrected chi connectivity index (χ4v) is 3.29. The summed E-state index contributed by atoms with van der Waals surface area (Å²) in [7, 11) is 3.03. The van der Waals surface area contributed by atoms with Crippen LogP contribution in [-0.4, -0.2) is 38.0 Å². The molecule has 0 saturated heterocycles. The van der Waals surface area contributed by atoms with Crippen molar-refractivity contribution in [3.8, 4) is 0 Å². The van der Waals surface area contributed by atoms with E-state index in [4.69, 9.17) is 21.7 Å². The van der Waals surface area contributed by atoms with Gasteiger partial charge in [-0.2, -0.15) is 0 Å². The lowest BCUT2D eigenvalue weighted by Gasteiger charge is -2.16. The van der Waals surface area contributed by atoms with Crippen LogP contribution in [0, 0.1) is 0 Å². The van der Waals surface area contributed by atoms with E-state index in [0.717, 1.165) is 15.8 Å². The van der Waals surface area contributed by atoms with Gasteiger partial charge in [0.15, 0.2) is 5.11 Å². The van der Waals surface area contributed by atoms with E-state index in [-0.39, 0.29) is 12.0 Å². The van der Waals surface area contributed by atoms with Crippen LogP contribution in [0.15, 0.2) is 24.3 Å². The number of benzene rings is 1. The summed E-state index contributed by atoms with van der Waals surface area (Å²) in [6, 6.07) is 7.78. The van der Waals surface area contributed by atoms with E-state index in [1.165, 1.54) is 18.4 Å². The van der Waals surface area contributed by atoms with E-state index in [0.29, 0.717) is 16.6 Å². The first-order valence-electron chi connectivity index (χ1n) is 6.72. The zero-order valence-electron chi connectivity index (χ0n) is 12.6. The van der Waals surface area contributed by atoms with Gasteiger partial charge in [0.25, 0.3) is 0 Å². The number of carbonyl (C=O) groups excluding carboxylic acids is 1. The lowest BCUT2D eigenvalue weighted by Crippen LogP contribution is -2.38. The molecule has 1 aromatic carbocycles. The van der Waals surface area contributed by atoms with Crippen molar-refractivity contribution in [1.29, 1.82) is 0 Å². The Kier molecular flexibility index (Phi) is 5.70. The van der Waals surface area contributed by atoms with Gasteiger partial charge in [-0.25, -0.2) is 4.79 Å². The lowest BCUT2D eigenvalue weighted by molar-refractivity contribution is 0.0606. The summed E-state index contributed by atoms with van der Waals surface area (Å²) in [4.78, 5) is 12.1. The van der Waals surface area contributed by atoms with Crippen molar-refractivity contribution < 1.29 is 14.3 Å². The highest BCUT2D eigenvalue weighted by Crippen LogP contribution is 2.28. The molecular weight excluding hydrogens is 320 g/mol. The third-order valence-corrected chi connectivity index (χ3v) is 4.27. The molecule has 1 aromatic heterocycles. The molecule has 22 heavy (non-hydrogen) atoms. The average molecular weight is 338 g/mol. The van der Waals surface area contributed by atoms with Gasteiger partial charge in [-0.15, -0.1) is 11.3 Å². The standard InChI is InChI=1S/C15H18N2O3S2/c1-9(8-19-2)16-15(21)17-11-4-5-12-10(6-11)7-13(22-12)14(18)20-3/h4-7,9H,8H2,1-3H3,(H2,16,17,21)/t9-/m1/s1. The monoisotopic (exact) mass is 338 g/mol. The molecule has 2 N–H and O–H groups in total. The molecule has 0 fully saturated rings. The van der Waals surface area contributed by atoms with Crippen LogP contribution in [0.1, 0.15) is 16.6 Å². The second kappa shape index (κ2) is 7.53. The second-order valence-corrected chi connectivity index (χ2v) is 6.30. The van der Waals surface area contributed by atoms with Crippen molar-refractivity contribution in [1.82, 2.24) is 5.32 Å². The topological polar surface area (TPSA) is 59.6 Å². The average Bonchev–Trinajstić information content (AvgIpc) is 2.89. The first kappa shape index (κ1) is 16.7. The molecule has 0 aliphatic carbocycles. The van der Waals surface area contributed by atoms with Crippen LogP contribution in [0.3, 0.4) is 0 Å². The minimum absolute atomic E-state index is 0.126. The van der Waals surface area contributed by atoms with E-state index in [1.54, 1.807) is 7.11 Å². The Morgan fingerprint density at radius 2 is 2.14 bits per heavy atom. The van der Waals surface area contributed by atoms with Gasteiger partial charge >= 0.3 is 5.97 Å². The zero-order valence-corrected chi connectivity index (χ0v) is 14.3. The van der Waals surface area contributed by atoms with Gasteiger partial charge in [0.2, 0.25) is 0 Å². The first-order valence-corrected chi connectivity index (χ1v) is 7.94.